The monoisotopic (exact) mass is 296 g/mol. The molecule has 2 fully saturated rings. The normalized spacial score (nSPS) is 28.6. The van der Waals surface area contributed by atoms with E-state index in [4.69, 9.17) is 5.11 Å². The molecule has 0 spiro atoms. The quantitative estimate of drug-likeness (QED) is 0.871. The van der Waals surface area contributed by atoms with Crippen molar-refractivity contribution >= 4 is 12.0 Å². The largest absolute Gasteiger partial charge is 0.481 e. The van der Waals surface area contributed by atoms with Crippen LogP contribution in [0.2, 0.25) is 0 Å². The van der Waals surface area contributed by atoms with Gasteiger partial charge >= 0.3 is 12.0 Å². The molecule has 5 heteroatoms. The smallest absolute Gasteiger partial charge is 0.320 e. The van der Waals surface area contributed by atoms with Crippen molar-refractivity contribution in [2.45, 2.75) is 65.0 Å². The fraction of sp³-hybridized carbons (Fsp3) is 0.875. The van der Waals surface area contributed by atoms with Gasteiger partial charge in [-0.3, -0.25) is 4.79 Å². The van der Waals surface area contributed by atoms with E-state index in [-0.39, 0.29) is 35.9 Å². The SMILES string of the molecule is CN(CC(C)(C)C)C(=O)N1C2CCC1CC(CC(=O)O)C2. The highest BCUT2D eigenvalue weighted by atomic mass is 16.4. The number of piperidine rings is 1. The molecule has 2 aliphatic heterocycles. The summed E-state index contributed by atoms with van der Waals surface area (Å²) < 4.78 is 0. The Morgan fingerprint density at radius 2 is 1.71 bits per heavy atom. The van der Waals surface area contributed by atoms with E-state index < -0.39 is 5.97 Å². The minimum Gasteiger partial charge on any atom is -0.481 e. The Hall–Kier alpha value is -1.26. The van der Waals surface area contributed by atoms with Gasteiger partial charge in [-0.05, 0) is 37.0 Å². The van der Waals surface area contributed by atoms with Crippen LogP contribution >= 0.6 is 0 Å². The number of rotatable bonds is 3. The molecule has 2 saturated heterocycles. The molecule has 2 amide bonds. The third-order valence-corrected chi connectivity index (χ3v) is 4.55. The van der Waals surface area contributed by atoms with Gasteiger partial charge in [-0.1, -0.05) is 20.8 Å². The van der Waals surface area contributed by atoms with Gasteiger partial charge in [0.15, 0.2) is 0 Å². The van der Waals surface area contributed by atoms with Crippen LogP contribution in [0.4, 0.5) is 4.79 Å². The highest BCUT2D eigenvalue weighted by Gasteiger charge is 2.44. The number of carbonyl (C=O) groups excluding carboxylic acids is 1. The molecule has 2 bridgehead atoms. The molecule has 2 heterocycles. The molecule has 0 aromatic heterocycles. The number of amides is 2. The van der Waals surface area contributed by atoms with Crippen LogP contribution in [-0.2, 0) is 4.79 Å². The summed E-state index contributed by atoms with van der Waals surface area (Å²) in [6, 6.07) is 0.595. The Labute approximate surface area is 127 Å². The number of carboxylic acids is 1. The summed E-state index contributed by atoms with van der Waals surface area (Å²) in [7, 11) is 1.87. The molecule has 0 saturated carbocycles. The van der Waals surface area contributed by atoms with E-state index in [1.54, 1.807) is 0 Å². The molecular formula is C16H28N2O3. The molecule has 5 nitrogen and oxygen atoms in total. The standard InChI is InChI=1S/C16H28N2O3/c1-16(2,3)10-17(4)15(21)18-12-5-6-13(18)8-11(7-12)9-14(19)20/h11-13H,5-10H2,1-4H3,(H,19,20). The summed E-state index contributed by atoms with van der Waals surface area (Å²) >= 11 is 0. The zero-order valence-corrected chi connectivity index (χ0v) is 13.6. The third-order valence-electron chi connectivity index (χ3n) is 4.55. The first-order chi connectivity index (χ1) is 9.67. The van der Waals surface area contributed by atoms with E-state index in [1.807, 2.05) is 16.8 Å². The van der Waals surface area contributed by atoms with E-state index >= 15 is 0 Å². The molecule has 0 radical (unpaired) electrons. The number of urea groups is 1. The Bertz CT molecular complexity index is 402. The summed E-state index contributed by atoms with van der Waals surface area (Å²) in [6.07, 6.45) is 3.98. The summed E-state index contributed by atoms with van der Waals surface area (Å²) in [5.41, 5.74) is 0.0884. The van der Waals surface area contributed by atoms with Crippen molar-refractivity contribution in [3.8, 4) is 0 Å². The van der Waals surface area contributed by atoms with Crippen LogP contribution in [0.3, 0.4) is 0 Å². The highest BCUT2D eigenvalue weighted by molar-refractivity contribution is 5.75. The van der Waals surface area contributed by atoms with Gasteiger partial charge in [-0.2, -0.15) is 0 Å². The van der Waals surface area contributed by atoms with Gasteiger partial charge in [0, 0.05) is 32.1 Å². The lowest BCUT2D eigenvalue weighted by atomic mass is 9.88. The molecular weight excluding hydrogens is 268 g/mol. The Balaban J connectivity index is 1.99. The topological polar surface area (TPSA) is 60.9 Å². The lowest BCUT2D eigenvalue weighted by molar-refractivity contribution is -0.138. The van der Waals surface area contributed by atoms with Crippen LogP contribution < -0.4 is 0 Å². The van der Waals surface area contributed by atoms with E-state index in [2.05, 4.69) is 20.8 Å². The molecule has 0 aromatic carbocycles. The highest BCUT2D eigenvalue weighted by Crippen LogP contribution is 2.40. The molecule has 2 rings (SSSR count). The Morgan fingerprint density at radius 3 is 2.14 bits per heavy atom. The lowest BCUT2D eigenvalue weighted by Gasteiger charge is -2.41. The third kappa shape index (κ3) is 3.89. The van der Waals surface area contributed by atoms with Gasteiger partial charge < -0.3 is 14.9 Å². The molecule has 2 unspecified atom stereocenters. The fourth-order valence-corrected chi connectivity index (χ4v) is 3.99. The maximum Gasteiger partial charge on any atom is 0.320 e. The molecule has 2 aliphatic rings. The number of nitrogens with zero attached hydrogens (tertiary/aromatic N) is 2. The molecule has 21 heavy (non-hydrogen) atoms. The number of hydrogen-bond acceptors (Lipinski definition) is 2. The average Bonchev–Trinajstić information content (AvgIpc) is 2.57. The average molecular weight is 296 g/mol. The van der Waals surface area contributed by atoms with Crippen LogP contribution in [0, 0.1) is 11.3 Å². The van der Waals surface area contributed by atoms with Crippen molar-refractivity contribution in [1.82, 2.24) is 9.80 Å². The van der Waals surface area contributed by atoms with Crippen molar-refractivity contribution in [3.63, 3.8) is 0 Å². The maximum atomic E-state index is 12.7. The zero-order chi connectivity index (χ0) is 15.8. The second-order valence-corrected chi connectivity index (χ2v) is 7.93. The molecule has 120 valence electrons. The van der Waals surface area contributed by atoms with Crippen LogP contribution in [0.5, 0.6) is 0 Å². The van der Waals surface area contributed by atoms with E-state index in [9.17, 15) is 9.59 Å². The van der Waals surface area contributed by atoms with E-state index in [0.717, 1.165) is 32.2 Å². The summed E-state index contributed by atoms with van der Waals surface area (Å²) in [5, 5.41) is 8.96. The molecule has 2 atom stereocenters. The van der Waals surface area contributed by atoms with Crippen molar-refractivity contribution in [3.05, 3.63) is 0 Å². The van der Waals surface area contributed by atoms with Crippen molar-refractivity contribution in [1.29, 1.82) is 0 Å². The van der Waals surface area contributed by atoms with Gasteiger partial charge in [0.05, 0.1) is 0 Å². The first-order valence-electron chi connectivity index (χ1n) is 7.92. The molecule has 1 N–H and O–H groups in total. The minimum atomic E-state index is -0.718. The Morgan fingerprint density at radius 1 is 1.19 bits per heavy atom. The maximum absolute atomic E-state index is 12.7. The van der Waals surface area contributed by atoms with Crippen molar-refractivity contribution in [2.24, 2.45) is 11.3 Å². The van der Waals surface area contributed by atoms with E-state index in [0.29, 0.717) is 0 Å². The van der Waals surface area contributed by atoms with Crippen LogP contribution in [0.25, 0.3) is 0 Å². The van der Waals surface area contributed by atoms with Gasteiger partial charge in [0.1, 0.15) is 0 Å². The number of hydrogen-bond donors (Lipinski definition) is 1. The predicted molar refractivity (Wildman–Crippen MR) is 81.1 cm³/mol. The summed E-state index contributed by atoms with van der Waals surface area (Å²) in [4.78, 5) is 27.4. The number of fused-ring (bicyclic) bond motifs is 2. The van der Waals surface area contributed by atoms with Gasteiger partial charge in [0.25, 0.3) is 0 Å². The Kier molecular flexibility index (Phi) is 4.49. The van der Waals surface area contributed by atoms with Crippen LogP contribution in [0.1, 0.15) is 52.9 Å². The fourth-order valence-electron chi connectivity index (χ4n) is 3.99. The zero-order valence-electron chi connectivity index (χ0n) is 13.6. The summed E-state index contributed by atoms with van der Waals surface area (Å²) in [6.45, 7) is 7.12. The predicted octanol–water partition coefficient (Wildman–Crippen LogP) is 2.80. The summed E-state index contributed by atoms with van der Waals surface area (Å²) in [5.74, 6) is -0.485. The van der Waals surface area contributed by atoms with Crippen molar-refractivity contribution in [2.75, 3.05) is 13.6 Å². The van der Waals surface area contributed by atoms with Gasteiger partial charge in [-0.15, -0.1) is 0 Å². The number of carboxylic acid groups (broad SMARTS) is 1. The molecule has 0 aliphatic carbocycles. The van der Waals surface area contributed by atoms with Crippen LogP contribution in [0.15, 0.2) is 0 Å². The van der Waals surface area contributed by atoms with Gasteiger partial charge in [-0.25, -0.2) is 4.79 Å². The minimum absolute atomic E-state index is 0.0884. The molecule has 0 aromatic rings. The first kappa shape index (κ1) is 16.1. The lowest BCUT2D eigenvalue weighted by Crippen LogP contribution is -2.52. The number of aliphatic carboxylic acids is 1. The number of carbonyl (C=O) groups is 2. The van der Waals surface area contributed by atoms with Gasteiger partial charge in [0.2, 0.25) is 0 Å². The first-order valence-corrected chi connectivity index (χ1v) is 7.92. The van der Waals surface area contributed by atoms with Crippen LogP contribution in [-0.4, -0.2) is 52.6 Å². The van der Waals surface area contributed by atoms with E-state index in [1.165, 1.54) is 0 Å². The second kappa shape index (κ2) is 5.85. The second-order valence-electron chi connectivity index (χ2n) is 7.93. The van der Waals surface area contributed by atoms with Crippen molar-refractivity contribution < 1.29 is 14.7 Å².